The van der Waals surface area contributed by atoms with Crippen LogP contribution in [0.2, 0.25) is 0 Å². The second kappa shape index (κ2) is 5.93. The first-order chi connectivity index (χ1) is 10.7. The Labute approximate surface area is 133 Å². The average molecular weight is 311 g/mol. The first kappa shape index (κ1) is 14.8. The number of hydrogen-bond acceptors (Lipinski definition) is 4. The molecule has 0 bridgehead atoms. The summed E-state index contributed by atoms with van der Waals surface area (Å²) in [4.78, 5) is 20.5. The monoisotopic (exact) mass is 311 g/mol. The summed E-state index contributed by atoms with van der Waals surface area (Å²) in [7, 11) is 0. The number of nitrogens with zero attached hydrogens (tertiary/aromatic N) is 3. The minimum absolute atomic E-state index is 0.643. The summed E-state index contributed by atoms with van der Waals surface area (Å²) < 4.78 is 2.01. The van der Waals surface area contributed by atoms with Crippen LogP contribution < -0.4 is 0 Å². The number of carbonyl (C=O) groups is 1. The van der Waals surface area contributed by atoms with Gasteiger partial charge in [0.1, 0.15) is 5.03 Å². The lowest BCUT2D eigenvalue weighted by atomic mass is 10.1. The molecule has 2 heterocycles. The van der Waals surface area contributed by atoms with Crippen LogP contribution in [-0.2, 0) is 6.42 Å². The second-order valence-electron chi connectivity index (χ2n) is 5.04. The smallest absolute Gasteiger partial charge is 0.235 e. The number of imidazole rings is 1. The molecule has 0 saturated heterocycles. The summed E-state index contributed by atoms with van der Waals surface area (Å²) in [5.41, 5.74) is 4.65. The van der Waals surface area contributed by atoms with Gasteiger partial charge in [0.25, 0.3) is 0 Å². The molecule has 0 aliphatic heterocycles. The topological polar surface area (TPSA) is 47.3 Å². The summed E-state index contributed by atoms with van der Waals surface area (Å²) >= 11 is 1.64. The van der Waals surface area contributed by atoms with Crippen LogP contribution in [0, 0.1) is 6.92 Å². The van der Waals surface area contributed by atoms with Crippen molar-refractivity contribution < 1.29 is 4.79 Å². The molecular weight excluding hydrogens is 294 g/mol. The van der Waals surface area contributed by atoms with Crippen molar-refractivity contribution in [1.82, 2.24) is 14.4 Å². The molecule has 0 atom stereocenters. The van der Waals surface area contributed by atoms with Gasteiger partial charge in [0.2, 0.25) is 5.78 Å². The number of rotatable bonds is 4. The molecule has 2 aromatic heterocycles. The van der Waals surface area contributed by atoms with Crippen molar-refractivity contribution in [2.24, 2.45) is 0 Å². The fourth-order valence-corrected chi connectivity index (χ4v) is 3.40. The third kappa shape index (κ3) is 2.31. The molecule has 0 N–H and O–H groups in total. The third-order valence-electron chi connectivity index (χ3n) is 3.86. The number of fused-ring (bicyclic) bond motifs is 1. The summed E-state index contributed by atoms with van der Waals surface area (Å²) in [6, 6.07) is 7.49. The maximum atomic E-state index is 11.2. The molecule has 112 valence electrons. The van der Waals surface area contributed by atoms with Crippen LogP contribution in [0.3, 0.4) is 0 Å². The van der Waals surface area contributed by atoms with Crippen LogP contribution in [-0.4, -0.2) is 26.9 Å². The molecular formula is C17H17N3OS. The maximum Gasteiger partial charge on any atom is 0.235 e. The summed E-state index contributed by atoms with van der Waals surface area (Å²) in [6.07, 6.45) is 5.79. The van der Waals surface area contributed by atoms with Gasteiger partial charge in [0.15, 0.2) is 6.29 Å². The number of benzene rings is 1. The van der Waals surface area contributed by atoms with E-state index in [4.69, 9.17) is 0 Å². The van der Waals surface area contributed by atoms with Gasteiger partial charge < -0.3 is 0 Å². The highest BCUT2D eigenvalue weighted by Gasteiger charge is 2.14. The van der Waals surface area contributed by atoms with Gasteiger partial charge in [-0.05, 0) is 19.6 Å². The van der Waals surface area contributed by atoms with Crippen molar-refractivity contribution >= 4 is 23.8 Å². The van der Waals surface area contributed by atoms with Crippen LogP contribution in [0.5, 0.6) is 0 Å². The fraction of sp³-hybridized carbons (Fsp3) is 0.235. The number of aryl methyl sites for hydroxylation is 1. The highest BCUT2D eigenvalue weighted by molar-refractivity contribution is 7.98. The van der Waals surface area contributed by atoms with Gasteiger partial charge in [0, 0.05) is 28.6 Å². The molecule has 3 rings (SSSR count). The third-order valence-corrected chi connectivity index (χ3v) is 4.58. The van der Waals surface area contributed by atoms with Gasteiger partial charge in [-0.1, -0.05) is 31.2 Å². The second-order valence-corrected chi connectivity index (χ2v) is 5.83. The van der Waals surface area contributed by atoms with Gasteiger partial charge in [0.05, 0.1) is 5.69 Å². The van der Waals surface area contributed by atoms with E-state index in [1.54, 1.807) is 17.8 Å². The zero-order chi connectivity index (χ0) is 15.7. The summed E-state index contributed by atoms with van der Waals surface area (Å²) in [6.45, 7) is 4.22. The van der Waals surface area contributed by atoms with Crippen molar-refractivity contribution in [3.63, 3.8) is 0 Å². The maximum absolute atomic E-state index is 11.2. The van der Waals surface area contributed by atoms with Crippen LogP contribution in [0.15, 0.2) is 35.5 Å². The molecule has 1 aromatic carbocycles. The predicted molar refractivity (Wildman–Crippen MR) is 89.7 cm³/mol. The number of carbonyl (C=O) groups excluding carboxylic acids is 1. The Morgan fingerprint density at radius 2 is 2.05 bits per heavy atom. The number of thioether (sulfide) groups is 1. The molecule has 0 spiro atoms. The van der Waals surface area contributed by atoms with E-state index in [0.717, 1.165) is 34.7 Å². The van der Waals surface area contributed by atoms with Crippen molar-refractivity contribution in [3.8, 4) is 11.3 Å². The Morgan fingerprint density at radius 1 is 1.27 bits per heavy atom. The van der Waals surface area contributed by atoms with Gasteiger partial charge in [-0.15, -0.1) is 11.8 Å². The first-order valence-corrected chi connectivity index (χ1v) is 8.39. The van der Waals surface area contributed by atoms with E-state index in [0.29, 0.717) is 11.3 Å². The van der Waals surface area contributed by atoms with E-state index >= 15 is 0 Å². The summed E-state index contributed by atoms with van der Waals surface area (Å²) in [5, 5.41) is 1.02. The largest absolute Gasteiger partial charge is 0.298 e. The highest BCUT2D eigenvalue weighted by atomic mass is 32.2. The Balaban J connectivity index is 2.26. The summed E-state index contributed by atoms with van der Waals surface area (Å²) in [5.74, 6) is 0.676. The molecule has 0 fully saturated rings. The molecule has 5 heteroatoms. The number of hydrogen-bond donors (Lipinski definition) is 0. The Kier molecular flexibility index (Phi) is 3.98. The molecule has 3 aromatic rings. The Bertz CT molecular complexity index is 854. The van der Waals surface area contributed by atoms with Gasteiger partial charge in [-0.3, -0.25) is 9.20 Å². The normalized spacial score (nSPS) is 11.0. The van der Waals surface area contributed by atoms with Crippen molar-refractivity contribution in [2.75, 3.05) is 6.26 Å². The lowest BCUT2D eigenvalue weighted by molar-refractivity contribution is 0.112. The highest BCUT2D eigenvalue weighted by Crippen LogP contribution is 2.27. The Hall–Kier alpha value is -2.14. The molecule has 0 aliphatic carbocycles. The SMILES string of the molecule is CCc1c(SC)nc2nc(-c3ccccc3C=O)cn2c1C. The van der Waals surface area contributed by atoms with Crippen LogP contribution >= 0.6 is 11.8 Å². The van der Waals surface area contributed by atoms with Crippen LogP contribution in [0.4, 0.5) is 0 Å². The zero-order valence-corrected chi connectivity index (χ0v) is 13.6. The van der Waals surface area contributed by atoms with E-state index in [9.17, 15) is 4.79 Å². The quantitative estimate of drug-likeness (QED) is 0.418. The van der Waals surface area contributed by atoms with Crippen molar-refractivity contribution in [2.45, 2.75) is 25.3 Å². The van der Waals surface area contributed by atoms with Crippen molar-refractivity contribution in [1.29, 1.82) is 0 Å². The molecule has 22 heavy (non-hydrogen) atoms. The number of aromatic nitrogens is 3. The predicted octanol–water partition coefficient (Wildman–Crippen LogP) is 3.80. The average Bonchev–Trinajstić information content (AvgIpc) is 2.98. The molecule has 0 unspecified atom stereocenters. The minimum Gasteiger partial charge on any atom is -0.298 e. The van der Waals surface area contributed by atoms with Gasteiger partial charge >= 0.3 is 0 Å². The standard InChI is InChI=1S/C17H17N3OS/c1-4-13-11(2)20-9-15(18-17(20)19-16(13)22-3)14-8-6-5-7-12(14)10-21/h5-10H,4H2,1-3H3. The van der Waals surface area contributed by atoms with Crippen molar-refractivity contribution in [3.05, 3.63) is 47.3 Å². The molecule has 0 saturated carbocycles. The minimum atomic E-state index is 0.643. The molecule has 0 radical (unpaired) electrons. The lowest BCUT2D eigenvalue weighted by Crippen LogP contribution is -2.02. The molecule has 4 nitrogen and oxygen atoms in total. The first-order valence-electron chi connectivity index (χ1n) is 7.16. The number of aldehydes is 1. The van der Waals surface area contributed by atoms with Gasteiger partial charge in [-0.25, -0.2) is 9.97 Å². The molecule has 0 amide bonds. The molecule has 0 aliphatic rings. The van der Waals surface area contributed by atoms with E-state index < -0.39 is 0 Å². The zero-order valence-electron chi connectivity index (χ0n) is 12.8. The lowest BCUT2D eigenvalue weighted by Gasteiger charge is -2.09. The Morgan fingerprint density at radius 3 is 2.73 bits per heavy atom. The van der Waals surface area contributed by atoms with E-state index in [1.165, 1.54) is 5.56 Å². The van der Waals surface area contributed by atoms with Crippen LogP contribution in [0.1, 0.15) is 28.5 Å². The van der Waals surface area contributed by atoms with Gasteiger partial charge in [-0.2, -0.15) is 0 Å². The van der Waals surface area contributed by atoms with E-state index in [-0.39, 0.29) is 0 Å². The van der Waals surface area contributed by atoms with E-state index in [2.05, 4.69) is 23.8 Å². The van der Waals surface area contributed by atoms with E-state index in [1.807, 2.05) is 35.1 Å². The van der Waals surface area contributed by atoms with Crippen LogP contribution in [0.25, 0.3) is 17.0 Å². The fourth-order valence-electron chi connectivity index (χ4n) is 2.69.